The van der Waals surface area contributed by atoms with Crippen molar-refractivity contribution >= 4 is 11.6 Å². The molecule has 4 nitrogen and oxygen atoms in total. The van der Waals surface area contributed by atoms with Gasteiger partial charge in [-0.3, -0.25) is 9.69 Å². The molecule has 1 fully saturated rings. The lowest BCUT2D eigenvalue weighted by Crippen LogP contribution is -2.47. The molecule has 1 heterocycles. The number of amides is 1. The number of primary amides is 1. The number of hydrogen-bond acceptors (Lipinski definition) is 3. The van der Waals surface area contributed by atoms with Gasteiger partial charge in [-0.05, 0) is 18.6 Å². The number of carbonyl (C=O) groups is 1. The van der Waals surface area contributed by atoms with Gasteiger partial charge in [0.05, 0.1) is 0 Å². The van der Waals surface area contributed by atoms with Crippen LogP contribution in [0.25, 0.3) is 0 Å². The number of benzene rings is 1. The van der Waals surface area contributed by atoms with E-state index in [9.17, 15) is 4.79 Å². The number of carbonyl (C=O) groups excluding carboxylic acids is 1. The minimum atomic E-state index is -0.212. The SMILES string of the molecule is Cc1ccccc1N1CCN(CCC(N)=O)CC1. The van der Waals surface area contributed by atoms with Crippen LogP contribution in [0.1, 0.15) is 12.0 Å². The first kappa shape index (κ1) is 12.9. The van der Waals surface area contributed by atoms with Crippen molar-refractivity contribution < 1.29 is 4.79 Å². The lowest BCUT2D eigenvalue weighted by Gasteiger charge is -2.36. The van der Waals surface area contributed by atoms with Gasteiger partial charge in [0.2, 0.25) is 5.91 Å². The molecule has 0 saturated carbocycles. The van der Waals surface area contributed by atoms with Gasteiger partial charge >= 0.3 is 0 Å². The first-order chi connectivity index (χ1) is 8.66. The number of anilines is 1. The van der Waals surface area contributed by atoms with Crippen LogP contribution in [0.5, 0.6) is 0 Å². The van der Waals surface area contributed by atoms with E-state index in [1.54, 1.807) is 0 Å². The summed E-state index contributed by atoms with van der Waals surface area (Å²) in [5, 5.41) is 0. The molecule has 1 amide bonds. The summed E-state index contributed by atoms with van der Waals surface area (Å²) in [6, 6.07) is 8.48. The summed E-state index contributed by atoms with van der Waals surface area (Å²) in [7, 11) is 0. The van der Waals surface area contributed by atoms with Gasteiger partial charge in [0.15, 0.2) is 0 Å². The Bertz CT molecular complexity index is 411. The van der Waals surface area contributed by atoms with Gasteiger partial charge < -0.3 is 10.6 Å². The van der Waals surface area contributed by atoms with Gasteiger partial charge in [-0.25, -0.2) is 0 Å². The van der Waals surface area contributed by atoms with Crippen molar-refractivity contribution in [1.82, 2.24) is 4.90 Å². The maximum atomic E-state index is 10.8. The van der Waals surface area contributed by atoms with E-state index < -0.39 is 0 Å². The molecule has 0 spiro atoms. The van der Waals surface area contributed by atoms with Crippen molar-refractivity contribution in [2.24, 2.45) is 5.73 Å². The largest absolute Gasteiger partial charge is 0.370 e. The first-order valence-corrected chi connectivity index (χ1v) is 6.48. The fraction of sp³-hybridized carbons (Fsp3) is 0.500. The molecule has 2 N–H and O–H groups in total. The molecule has 1 aliphatic rings. The monoisotopic (exact) mass is 247 g/mol. The molecule has 0 bridgehead atoms. The average molecular weight is 247 g/mol. The molecule has 0 aromatic heterocycles. The number of rotatable bonds is 4. The fourth-order valence-electron chi connectivity index (χ4n) is 2.40. The van der Waals surface area contributed by atoms with Gasteiger partial charge in [0.1, 0.15) is 0 Å². The first-order valence-electron chi connectivity index (χ1n) is 6.48. The maximum Gasteiger partial charge on any atom is 0.218 e. The van der Waals surface area contributed by atoms with E-state index in [0.29, 0.717) is 6.42 Å². The van der Waals surface area contributed by atoms with E-state index in [2.05, 4.69) is 41.0 Å². The third-order valence-corrected chi connectivity index (χ3v) is 3.50. The highest BCUT2D eigenvalue weighted by molar-refractivity contribution is 5.73. The Hall–Kier alpha value is -1.55. The van der Waals surface area contributed by atoms with Crippen LogP contribution in [0.15, 0.2) is 24.3 Å². The summed E-state index contributed by atoms with van der Waals surface area (Å²) in [6.07, 6.45) is 0.463. The third kappa shape index (κ3) is 3.23. The van der Waals surface area contributed by atoms with E-state index in [4.69, 9.17) is 5.73 Å². The smallest absolute Gasteiger partial charge is 0.218 e. The summed E-state index contributed by atoms with van der Waals surface area (Å²) in [4.78, 5) is 15.5. The van der Waals surface area contributed by atoms with Crippen molar-refractivity contribution in [2.45, 2.75) is 13.3 Å². The van der Waals surface area contributed by atoms with Crippen molar-refractivity contribution in [3.63, 3.8) is 0 Å². The summed E-state index contributed by atoms with van der Waals surface area (Å²) in [5.74, 6) is -0.212. The normalized spacial score (nSPS) is 16.8. The summed E-state index contributed by atoms with van der Waals surface area (Å²) < 4.78 is 0. The molecule has 1 aliphatic heterocycles. The summed E-state index contributed by atoms with van der Waals surface area (Å²) in [5.41, 5.74) is 7.82. The van der Waals surface area contributed by atoms with Crippen molar-refractivity contribution in [3.8, 4) is 0 Å². The molecule has 0 radical (unpaired) electrons. The molecule has 0 aliphatic carbocycles. The van der Waals surface area contributed by atoms with Crippen molar-refractivity contribution in [1.29, 1.82) is 0 Å². The van der Waals surface area contributed by atoms with E-state index >= 15 is 0 Å². The second kappa shape index (κ2) is 5.87. The zero-order chi connectivity index (χ0) is 13.0. The standard InChI is InChI=1S/C14H21N3O/c1-12-4-2-3-5-13(12)17-10-8-16(9-11-17)7-6-14(15)18/h2-5H,6-11H2,1H3,(H2,15,18). The Morgan fingerprint density at radius 1 is 1.22 bits per heavy atom. The molecule has 98 valence electrons. The Labute approximate surface area is 108 Å². The van der Waals surface area contributed by atoms with E-state index in [1.165, 1.54) is 11.3 Å². The molecular weight excluding hydrogens is 226 g/mol. The molecule has 2 rings (SSSR count). The summed E-state index contributed by atoms with van der Waals surface area (Å²) >= 11 is 0. The van der Waals surface area contributed by atoms with Gasteiger partial charge in [-0.1, -0.05) is 18.2 Å². The molecule has 18 heavy (non-hydrogen) atoms. The molecule has 4 heteroatoms. The average Bonchev–Trinajstić information content (AvgIpc) is 2.38. The van der Waals surface area contributed by atoms with E-state index in [1.807, 2.05) is 0 Å². The second-order valence-corrected chi connectivity index (χ2v) is 4.83. The highest BCUT2D eigenvalue weighted by Gasteiger charge is 2.18. The minimum absolute atomic E-state index is 0.212. The highest BCUT2D eigenvalue weighted by Crippen LogP contribution is 2.20. The lowest BCUT2D eigenvalue weighted by atomic mass is 10.1. The predicted octanol–water partition coefficient (Wildman–Crippen LogP) is 0.992. The van der Waals surface area contributed by atoms with Crippen LogP contribution >= 0.6 is 0 Å². The fourth-order valence-corrected chi connectivity index (χ4v) is 2.40. The van der Waals surface area contributed by atoms with Crippen LogP contribution in [-0.4, -0.2) is 43.5 Å². The molecule has 1 aromatic rings. The van der Waals surface area contributed by atoms with Crippen LogP contribution in [0.3, 0.4) is 0 Å². The van der Waals surface area contributed by atoms with Crippen LogP contribution in [0.2, 0.25) is 0 Å². The quantitative estimate of drug-likeness (QED) is 0.863. The Kier molecular flexibility index (Phi) is 4.20. The topological polar surface area (TPSA) is 49.6 Å². The number of nitrogens with two attached hydrogens (primary N) is 1. The molecule has 0 unspecified atom stereocenters. The predicted molar refractivity (Wildman–Crippen MR) is 73.6 cm³/mol. The van der Waals surface area contributed by atoms with Gasteiger partial charge in [0.25, 0.3) is 0 Å². The van der Waals surface area contributed by atoms with Crippen LogP contribution in [0.4, 0.5) is 5.69 Å². The minimum Gasteiger partial charge on any atom is -0.370 e. The number of nitrogens with zero attached hydrogens (tertiary/aromatic N) is 2. The van der Waals surface area contributed by atoms with E-state index in [-0.39, 0.29) is 5.91 Å². The maximum absolute atomic E-state index is 10.8. The molecular formula is C14H21N3O. The molecule has 1 aromatic carbocycles. The Morgan fingerprint density at radius 3 is 2.50 bits per heavy atom. The van der Waals surface area contributed by atoms with Crippen LogP contribution in [-0.2, 0) is 4.79 Å². The van der Waals surface area contributed by atoms with Gasteiger partial charge in [-0.15, -0.1) is 0 Å². The lowest BCUT2D eigenvalue weighted by molar-refractivity contribution is -0.118. The zero-order valence-electron chi connectivity index (χ0n) is 10.9. The molecule has 0 atom stereocenters. The van der Waals surface area contributed by atoms with Crippen molar-refractivity contribution in [3.05, 3.63) is 29.8 Å². The highest BCUT2D eigenvalue weighted by atomic mass is 16.1. The Morgan fingerprint density at radius 2 is 1.89 bits per heavy atom. The van der Waals surface area contributed by atoms with Gasteiger partial charge in [0, 0.05) is 44.8 Å². The number of piperazine rings is 1. The van der Waals surface area contributed by atoms with Crippen LogP contribution in [0, 0.1) is 6.92 Å². The zero-order valence-corrected chi connectivity index (χ0v) is 10.9. The van der Waals surface area contributed by atoms with Crippen LogP contribution < -0.4 is 10.6 Å². The third-order valence-electron chi connectivity index (χ3n) is 3.50. The Balaban J connectivity index is 1.87. The van der Waals surface area contributed by atoms with Gasteiger partial charge in [-0.2, -0.15) is 0 Å². The van der Waals surface area contributed by atoms with E-state index in [0.717, 1.165) is 32.7 Å². The summed E-state index contributed by atoms with van der Waals surface area (Å²) in [6.45, 7) is 6.97. The number of aryl methyl sites for hydroxylation is 1. The van der Waals surface area contributed by atoms with Crippen molar-refractivity contribution in [2.75, 3.05) is 37.6 Å². The second-order valence-electron chi connectivity index (χ2n) is 4.83. The molecule has 1 saturated heterocycles. The number of hydrogen-bond donors (Lipinski definition) is 1. The number of para-hydroxylation sites is 1.